The highest BCUT2D eigenvalue weighted by Crippen LogP contribution is 1.98. The first-order valence-corrected chi connectivity index (χ1v) is 4.98. The molecule has 0 N–H and O–H groups in total. The molecule has 0 bridgehead atoms. The van der Waals surface area contributed by atoms with Crippen molar-refractivity contribution in [2.75, 3.05) is 20.3 Å². The van der Waals surface area contributed by atoms with E-state index in [0.717, 1.165) is 0 Å². The number of methoxy groups -OCH3 is 1. The average Bonchev–Trinajstić information content (AvgIpc) is 2.25. The average molecular weight is 218 g/mol. The van der Waals surface area contributed by atoms with Crippen LogP contribution in [0.5, 0.6) is 0 Å². The number of rotatable bonds is 7. The molecule has 0 rings (SSSR count). The molecule has 0 aliphatic rings. The minimum atomic E-state index is -0.516. The number of hydrogen-bond acceptors (Lipinski definition) is 5. The van der Waals surface area contributed by atoms with Gasteiger partial charge in [-0.25, -0.2) is 0 Å². The highest BCUT2D eigenvalue weighted by Gasteiger charge is 2.15. The molecule has 0 aliphatic carbocycles. The van der Waals surface area contributed by atoms with Crippen molar-refractivity contribution in [3.63, 3.8) is 0 Å². The summed E-state index contributed by atoms with van der Waals surface area (Å²) < 4.78 is 14.7. The fourth-order valence-electron chi connectivity index (χ4n) is 0.859. The molecule has 0 heterocycles. The van der Waals surface area contributed by atoms with Crippen LogP contribution in [0.4, 0.5) is 0 Å². The van der Waals surface area contributed by atoms with E-state index in [1.165, 1.54) is 7.11 Å². The van der Waals surface area contributed by atoms with Crippen molar-refractivity contribution in [2.24, 2.45) is 0 Å². The van der Waals surface area contributed by atoms with E-state index in [2.05, 4.69) is 0 Å². The molecule has 0 saturated carbocycles. The fraction of sp³-hybridized carbons (Fsp3) is 0.800. The predicted octanol–water partition coefficient (Wildman–Crippen LogP) is 0.908. The first kappa shape index (κ1) is 13.9. The number of hydrogen-bond donors (Lipinski definition) is 0. The molecule has 0 aromatic carbocycles. The molecule has 0 saturated heterocycles. The third-order valence-corrected chi connectivity index (χ3v) is 1.66. The maximum Gasteiger partial charge on any atom is 0.305 e. The molecule has 1 unspecified atom stereocenters. The van der Waals surface area contributed by atoms with Gasteiger partial charge in [-0.3, -0.25) is 9.59 Å². The molecule has 5 heteroatoms. The summed E-state index contributed by atoms with van der Waals surface area (Å²) in [5.74, 6) is -0.645. The van der Waals surface area contributed by atoms with E-state index in [9.17, 15) is 9.59 Å². The normalized spacial score (nSPS) is 11.9. The second-order valence-electron chi connectivity index (χ2n) is 2.96. The molecular formula is C10H18O5. The van der Waals surface area contributed by atoms with Gasteiger partial charge in [0.05, 0.1) is 6.61 Å². The third kappa shape index (κ3) is 6.90. The Morgan fingerprint density at radius 1 is 1.07 bits per heavy atom. The molecule has 0 fully saturated rings. The van der Waals surface area contributed by atoms with Gasteiger partial charge in [0.15, 0.2) is 6.10 Å². The van der Waals surface area contributed by atoms with Crippen LogP contribution in [-0.4, -0.2) is 38.4 Å². The van der Waals surface area contributed by atoms with Crippen molar-refractivity contribution in [2.45, 2.75) is 32.8 Å². The van der Waals surface area contributed by atoms with Crippen LogP contribution in [0.15, 0.2) is 0 Å². The highest BCUT2D eigenvalue weighted by atomic mass is 16.6. The van der Waals surface area contributed by atoms with E-state index in [4.69, 9.17) is 14.2 Å². The molecule has 0 aromatic rings. The lowest BCUT2D eigenvalue weighted by atomic mass is 10.4. The highest BCUT2D eigenvalue weighted by molar-refractivity contribution is 5.69. The van der Waals surface area contributed by atoms with Crippen LogP contribution >= 0.6 is 0 Å². The van der Waals surface area contributed by atoms with Gasteiger partial charge in [0, 0.05) is 20.0 Å². The minimum absolute atomic E-state index is 0.0479. The Hall–Kier alpha value is -1.10. The van der Waals surface area contributed by atoms with Crippen LogP contribution in [0.25, 0.3) is 0 Å². The SMILES string of the molecule is CCC(=O)OCC(COC)OC(=O)CC. The van der Waals surface area contributed by atoms with Crippen molar-refractivity contribution in [3.8, 4) is 0 Å². The fourth-order valence-corrected chi connectivity index (χ4v) is 0.859. The summed E-state index contributed by atoms with van der Waals surface area (Å²) in [5.41, 5.74) is 0. The summed E-state index contributed by atoms with van der Waals surface area (Å²) in [6.45, 7) is 3.67. The standard InChI is InChI=1S/C10H18O5/c1-4-9(11)14-7-8(6-13-3)15-10(12)5-2/h8H,4-7H2,1-3H3. The van der Waals surface area contributed by atoms with Crippen molar-refractivity contribution >= 4 is 11.9 Å². The Kier molecular flexibility index (Phi) is 7.62. The summed E-state index contributed by atoms with van der Waals surface area (Å²) in [6, 6.07) is 0. The van der Waals surface area contributed by atoms with E-state index in [-0.39, 0.29) is 25.2 Å². The van der Waals surface area contributed by atoms with Gasteiger partial charge in [-0.1, -0.05) is 13.8 Å². The molecule has 15 heavy (non-hydrogen) atoms. The van der Waals surface area contributed by atoms with Gasteiger partial charge in [0.25, 0.3) is 0 Å². The lowest BCUT2D eigenvalue weighted by Crippen LogP contribution is -2.29. The summed E-state index contributed by atoms with van der Waals surface area (Å²) in [4.78, 5) is 21.9. The van der Waals surface area contributed by atoms with E-state index in [0.29, 0.717) is 12.8 Å². The van der Waals surface area contributed by atoms with Crippen LogP contribution in [0.2, 0.25) is 0 Å². The monoisotopic (exact) mass is 218 g/mol. The Balaban J connectivity index is 3.92. The summed E-state index contributed by atoms with van der Waals surface area (Å²) in [6.07, 6.45) is 0.0848. The lowest BCUT2D eigenvalue weighted by molar-refractivity contribution is -0.161. The molecule has 0 spiro atoms. The Morgan fingerprint density at radius 2 is 1.67 bits per heavy atom. The van der Waals surface area contributed by atoms with Crippen molar-refractivity contribution in [1.29, 1.82) is 0 Å². The molecule has 0 aromatic heterocycles. The Labute approximate surface area is 89.7 Å². The molecule has 0 aliphatic heterocycles. The van der Waals surface area contributed by atoms with E-state index >= 15 is 0 Å². The number of esters is 2. The van der Waals surface area contributed by atoms with Gasteiger partial charge in [0.1, 0.15) is 6.61 Å². The minimum Gasteiger partial charge on any atom is -0.462 e. The van der Waals surface area contributed by atoms with Crippen LogP contribution in [0.3, 0.4) is 0 Å². The van der Waals surface area contributed by atoms with Gasteiger partial charge in [-0.15, -0.1) is 0 Å². The van der Waals surface area contributed by atoms with Crippen molar-refractivity contribution in [1.82, 2.24) is 0 Å². The summed E-state index contributed by atoms with van der Waals surface area (Å²) in [5, 5.41) is 0. The Bertz CT molecular complexity index is 202. The summed E-state index contributed by atoms with van der Waals surface area (Å²) in [7, 11) is 1.49. The second kappa shape index (κ2) is 8.23. The first-order valence-electron chi connectivity index (χ1n) is 4.98. The number of carbonyl (C=O) groups excluding carboxylic acids is 2. The van der Waals surface area contributed by atoms with E-state index < -0.39 is 6.10 Å². The smallest absolute Gasteiger partial charge is 0.305 e. The predicted molar refractivity (Wildman–Crippen MR) is 53.3 cm³/mol. The van der Waals surface area contributed by atoms with E-state index in [1.54, 1.807) is 13.8 Å². The largest absolute Gasteiger partial charge is 0.462 e. The third-order valence-electron chi connectivity index (χ3n) is 1.66. The van der Waals surface area contributed by atoms with Gasteiger partial charge in [-0.05, 0) is 0 Å². The zero-order chi connectivity index (χ0) is 11.7. The summed E-state index contributed by atoms with van der Waals surface area (Å²) >= 11 is 0. The zero-order valence-electron chi connectivity index (χ0n) is 9.45. The molecular weight excluding hydrogens is 200 g/mol. The quantitative estimate of drug-likeness (QED) is 0.594. The van der Waals surface area contributed by atoms with Crippen LogP contribution in [0, 0.1) is 0 Å². The second-order valence-corrected chi connectivity index (χ2v) is 2.96. The van der Waals surface area contributed by atoms with Crippen molar-refractivity contribution in [3.05, 3.63) is 0 Å². The van der Waals surface area contributed by atoms with Gasteiger partial charge >= 0.3 is 11.9 Å². The zero-order valence-corrected chi connectivity index (χ0v) is 9.45. The molecule has 0 radical (unpaired) electrons. The number of ether oxygens (including phenoxy) is 3. The molecule has 0 amide bonds. The number of carbonyl (C=O) groups is 2. The molecule has 1 atom stereocenters. The van der Waals surface area contributed by atoms with E-state index in [1.807, 2.05) is 0 Å². The van der Waals surface area contributed by atoms with Crippen LogP contribution < -0.4 is 0 Å². The first-order chi connectivity index (χ1) is 7.13. The topological polar surface area (TPSA) is 61.8 Å². The maximum absolute atomic E-state index is 11.0. The van der Waals surface area contributed by atoms with Crippen LogP contribution in [0.1, 0.15) is 26.7 Å². The lowest BCUT2D eigenvalue weighted by Gasteiger charge is -2.16. The molecule has 5 nitrogen and oxygen atoms in total. The van der Waals surface area contributed by atoms with Gasteiger partial charge in [0.2, 0.25) is 0 Å². The van der Waals surface area contributed by atoms with Crippen LogP contribution in [-0.2, 0) is 23.8 Å². The molecule has 88 valence electrons. The van der Waals surface area contributed by atoms with Crippen molar-refractivity contribution < 1.29 is 23.8 Å². The maximum atomic E-state index is 11.0. The Morgan fingerprint density at radius 3 is 2.13 bits per heavy atom. The van der Waals surface area contributed by atoms with Gasteiger partial charge in [-0.2, -0.15) is 0 Å². The van der Waals surface area contributed by atoms with Gasteiger partial charge < -0.3 is 14.2 Å².